The van der Waals surface area contributed by atoms with Gasteiger partial charge in [0, 0.05) is 17.8 Å². The summed E-state index contributed by atoms with van der Waals surface area (Å²) in [5.74, 6) is 0.627. The van der Waals surface area contributed by atoms with E-state index in [2.05, 4.69) is 20.8 Å². The van der Waals surface area contributed by atoms with Gasteiger partial charge in [0.15, 0.2) is 5.78 Å². The molecule has 0 aliphatic heterocycles. The SMILES string of the molecule is C[C@H](CCC(=O)O)[C@H]1CC[C@H]2[C@@H]3CC[C@@H]4C[C@H](O)CC[C@]4(C)[C@H]3[C@H](O)C(=O)[C@]12C. The number of rotatable bonds is 4. The number of carbonyl (C=O) groups is 2. The van der Waals surface area contributed by atoms with Gasteiger partial charge in [-0.3, -0.25) is 9.59 Å². The fourth-order valence-corrected chi connectivity index (χ4v) is 8.56. The van der Waals surface area contributed by atoms with E-state index >= 15 is 0 Å². The van der Waals surface area contributed by atoms with Crippen molar-refractivity contribution < 1.29 is 24.9 Å². The lowest BCUT2D eigenvalue weighted by molar-refractivity contribution is -0.188. The Kier molecular flexibility index (Phi) is 5.39. The van der Waals surface area contributed by atoms with E-state index in [1.807, 2.05) is 0 Å². The van der Waals surface area contributed by atoms with Crippen LogP contribution in [0.15, 0.2) is 0 Å². The van der Waals surface area contributed by atoms with Gasteiger partial charge in [0.05, 0.1) is 6.10 Å². The summed E-state index contributed by atoms with van der Waals surface area (Å²) < 4.78 is 0. The Labute approximate surface area is 174 Å². The summed E-state index contributed by atoms with van der Waals surface area (Å²) in [7, 11) is 0. The lowest BCUT2D eigenvalue weighted by Gasteiger charge is -2.61. The number of ketones is 1. The van der Waals surface area contributed by atoms with Crippen molar-refractivity contribution in [1.82, 2.24) is 0 Å². The van der Waals surface area contributed by atoms with Crippen LogP contribution in [-0.2, 0) is 9.59 Å². The number of Topliss-reactive ketones (excluding diaryl/α,β-unsaturated/α-hetero) is 1. The van der Waals surface area contributed by atoms with Crippen molar-refractivity contribution in [2.45, 2.75) is 90.8 Å². The molecule has 0 spiro atoms. The van der Waals surface area contributed by atoms with Crippen LogP contribution in [0.3, 0.4) is 0 Å². The smallest absolute Gasteiger partial charge is 0.303 e. The van der Waals surface area contributed by atoms with Gasteiger partial charge in [0.2, 0.25) is 0 Å². The van der Waals surface area contributed by atoms with E-state index in [4.69, 9.17) is 5.11 Å². The van der Waals surface area contributed by atoms with Crippen molar-refractivity contribution >= 4 is 11.8 Å². The lowest BCUT2D eigenvalue weighted by Crippen LogP contribution is -2.63. The van der Waals surface area contributed by atoms with Crippen molar-refractivity contribution in [1.29, 1.82) is 0 Å². The molecule has 0 aromatic rings. The Balaban J connectivity index is 1.63. The van der Waals surface area contributed by atoms with E-state index in [9.17, 15) is 19.8 Å². The number of hydrogen-bond donors (Lipinski definition) is 3. The van der Waals surface area contributed by atoms with Crippen molar-refractivity contribution in [3.05, 3.63) is 0 Å². The molecule has 4 saturated carbocycles. The van der Waals surface area contributed by atoms with Crippen LogP contribution < -0.4 is 0 Å². The normalized spacial score (nSPS) is 50.4. The van der Waals surface area contributed by atoms with Gasteiger partial charge in [-0.2, -0.15) is 0 Å². The fourth-order valence-electron chi connectivity index (χ4n) is 8.56. The standard InChI is InChI=1S/C24H38O5/c1-13(4-9-19(26)27)17-7-8-18-16-6-5-14-12-15(25)10-11-23(14,2)20(16)21(28)22(29)24(17,18)3/h13-18,20-21,25,28H,4-12H2,1-3H3,(H,26,27)/t13-,14-,15-,16+,17-,18+,20-,21+,23+,24-/m1/s1. The molecule has 10 atom stereocenters. The zero-order chi connectivity index (χ0) is 21.1. The van der Waals surface area contributed by atoms with Crippen LogP contribution in [0.25, 0.3) is 0 Å². The van der Waals surface area contributed by atoms with Gasteiger partial charge < -0.3 is 15.3 Å². The molecule has 0 aromatic carbocycles. The number of aliphatic carboxylic acids is 1. The highest BCUT2D eigenvalue weighted by Crippen LogP contribution is 2.67. The van der Waals surface area contributed by atoms with Crippen molar-refractivity contribution in [3.8, 4) is 0 Å². The maximum Gasteiger partial charge on any atom is 0.303 e. The minimum Gasteiger partial charge on any atom is -0.481 e. The van der Waals surface area contributed by atoms with Crippen LogP contribution in [0, 0.1) is 46.3 Å². The largest absolute Gasteiger partial charge is 0.481 e. The minimum atomic E-state index is -0.920. The second kappa shape index (κ2) is 7.33. The molecule has 4 aliphatic carbocycles. The number of carbonyl (C=O) groups excluding carboxylic acids is 1. The first-order valence-electron chi connectivity index (χ1n) is 11.7. The second-order valence-electron chi connectivity index (χ2n) is 11.2. The van der Waals surface area contributed by atoms with Gasteiger partial charge in [-0.05, 0) is 86.4 Å². The van der Waals surface area contributed by atoms with E-state index in [-0.39, 0.29) is 41.5 Å². The third-order valence-electron chi connectivity index (χ3n) is 10.1. The van der Waals surface area contributed by atoms with Crippen LogP contribution in [0.5, 0.6) is 0 Å². The number of carboxylic acid groups (broad SMARTS) is 1. The predicted molar refractivity (Wildman–Crippen MR) is 109 cm³/mol. The van der Waals surface area contributed by atoms with E-state index in [1.54, 1.807) is 0 Å². The number of fused-ring (bicyclic) bond motifs is 5. The molecule has 164 valence electrons. The summed E-state index contributed by atoms with van der Waals surface area (Å²) >= 11 is 0. The van der Waals surface area contributed by atoms with Gasteiger partial charge in [0.25, 0.3) is 0 Å². The van der Waals surface area contributed by atoms with Gasteiger partial charge in [-0.25, -0.2) is 0 Å². The topological polar surface area (TPSA) is 94.8 Å². The quantitative estimate of drug-likeness (QED) is 0.662. The van der Waals surface area contributed by atoms with E-state index in [0.717, 1.165) is 44.9 Å². The molecule has 0 aromatic heterocycles. The molecule has 4 rings (SSSR count). The fraction of sp³-hybridized carbons (Fsp3) is 0.917. The molecule has 29 heavy (non-hydrogen) atoms. The molecule has 0 unspecified atom stereocenters. The average Bonchev–Trinajstić information content (AvgIpc) is 3.02. The minimum absolute atomic E-state index is 0.00685. The maximum atomic E-state index is 13.7. The number of aliphatic hydroxyl groups excluding tert-OH is 2. The van der Waals surface area contributed by atoms with Gasteiger partial charge >= 0.3 is 5.97 Å². The molecule has 4 fully saturated rings. The molecule has 0 heterocycles. The van der Waals surface area contributed by atoms with Crippen molar-refractivity contribution in [2.24, 2.45) is 46.3 Å². The zero-order valence-corrected chi connectivity index (χ0v) is 18.1. The summed E-state index contributed by atoms with van der Waals surface area (Å²) in [5, 5.41) is 30.6. The Bertz CT molecular complexity index is 676. The Morgan fingerprint density at radius 2 is 1.86 bits per heavy atom. The Morgan fingerprint density at radius 1 is 1.14 bits per heavy atom. The Hall–Kier alpha value is -0.940. The van der Waals surface area contributed by atoms with Gasteiger partial charge in [-0.15, -0.1) is 0 Å². The molecule has 4 aliphatic rings. The summed E-state index contributed by atoms with van der Waals surface area (Å²) in [6, 6.07) is 0. The molecule has 0 amide bonds. The highest BCUT2D eigenvalue weighted by Gasteiger charge is 2.67. The molecule has 5 nitrogen and oxygen atoms in total. The van der Waals surface area contributed by atoms with Crippen LogP contribution in [0.2, 0.25) is 0 Å². The van der Waals surface area contributed by atoms with Crippen molar-refractivity contribution in [3.63, 3.8) is 0 Å². The summed E-state index contributed by atoms with van der Waals surface area (Å²) in [6.07, 6.45) is 6.15. The van der Waals surface area contributed by atoms with Crippen molar-refractivity contribution in [2.75, 3.05) is 0 Å². The van der Waals surface area contributed by atoms with Gasteiger partial charge in [-0.1, -0.05) is 20.8 Å². The summed E-state index contributed by atoms with van der Waals surface area (Å²) in [5.41, 5.74) is -0.596. The first-order valence-corrected chi connectivity index (χ1v) is 11.7. The Morgan fingerprint density at radius 3 is 2.55 bits per heavy atom. The predicted octanol–water partition coefficient (Wildman–Crippen LogP) is 3.66. The highest BCUT2D eigenvalue weighted by atomic mass is 16.4. The number of aliphatic hydroxyl groups is 2. The molecule has 5 heteroatoms. The summed E-state index contributed by atoms with van der Waals surface area (Å²) in [6.45, 7) is 6.43. The van der Waals surface area contributed by atoms with Crippen LogP contribution in [0.4, 0.5) is 0 Å². The van der Waals surface area contributed by atoms with Gasteiger partial charge in [0.1, 0.15) is 6.10 Å². The summed E-state index contributed by atoms with van der Waals surface area (Å²) in [4.78, 5) is 24.8. The highest BCUT2D eigenvalue weighted by molar-refractivity contribution is 5.91. The van der Waals surface area contributed by atoms with Crippen LogP contribution >= 0.6 is 0 Å². The average molecular weight is 407 g/mol. The van der Waals surface area contributed by atoms with E-state index in [0.29, 0.717) is 24.2 Å². The van der Waals surface area contributed by atoms with Crippen LogP contribution in [0.1, 0.15) is 78.6 Å². The first kappa shape index (κ1) is 21.3. The molecule has 0 bridgehead atoms. The molecular weight excluding hydrogens is 368 g/mol. The zero-order valence-electron chi connectivity index (χ0n) is 18.1. The molecule has 0 saturated heterocycles. The van der Waals surface area contributed by atoms with E-state index in [1.165, 1.54) is 0 Å². The lowest BCUT2D eigenvalue weighted by atomic mass is 9.43. The molecule has 3 N–H and O–H groups in total. The number of carboxylic acids is 1. The first-order chi connectivity index (χ1) is 13.6. The number of hydrogen-bond acceptors (Lipinski definition) is 4. The second-order valence-corrected chi connectivity index (χ2v) is 11.2. The third kappa shape index (κ3) is 3.10. The van der Waals surface area contributed by atoms with Crippen LogP contribution in [-0.4, -0.2) is 39.3 Å². The maximum absolute atomic E-state index is 13.7. The van der Waals surface area contributed by atoms with E-state index < -0.39 is 17.5 Å². The molecular formula is C24H38O5. The third-order valence-corrected chi connectivity index (χ3v) is 10.1. The monoisotopic (exact) mass is 406 g/mol. The molecule has 0 radical (unpaired) electrons.